The third kappa shape index (κ3) is 4.68. The van der Waals surface area contributed by atoms with Crippen LogP contribution in [0.25, 0.3) is 0 Å². The molecule has 0 aliphatic carbocycles. The molecule has 0 saturated heterocycles. The fraction of sp³-hybridized carbons (Fsp3) is 0.615. The van der Waals surface area contributed by atoms with E-state index in [1.54, 1.807) is 12.1 Å². The number of hydrogen-bond acceptors (Lipinski definition) is 5. The zero-order valence-corrected chi connectivity index (χ0v) is 11.2. The SMILES string of the molecule is CC(C)(C)CN(CCCO)c1ccc(C#N)nn1. The molecule has 0 aliphatic heterocycles. The van der Waals surface area contributed by atoms with Crippen molar-refractivity contribution in [3.05, 3.63) is 17.8 Å². The molecule has 0 bridgehead atoms. The molecule has 1 heterocycles. The van der Waals surface area contributed by atoms with Crippen molar-refractivity contribution in [3.63, 3.8) is 0 Å². The van der Waals surface area contributed by atoms with Crippen LogP contribution in [-0.2, 0) is 0 Å². The lowest BCUT2D eigenvalue weighted by atomic mass is 9.96. The molecule has 0 atom stereocenters. The number of nitrogens with zero attached hydrogens (tertiary/aromatic N) is 4. The summed E-state index contributed by atoms with van der Waals surface area (Å²) in [7, 11) is 0. The molecule has 0 aromatic carbocycles. The molecule has 18 heavy (non-hydrogen) atoms. The molecule has 1 rings (SSSR count). The molecule has 0 saturated carbocycles. The lowest BCUT2D eigenvalue weighted by molar-refractivity contribution is 0.286. The van der Waals surface area contributed by atoms with E-state index in [2.05, 4.69) is 35.9 Å². The Labute approximate surface area is 108 Å². The molecule has 0 amide bonds. The minimum Gasteiger partial charge on any atom is -0.396 e. The van der Waals surface area contributed by atoms with Gasteiger partial charge in [-0.1, -0.05) is 20.8 Å². The van der Waals surface area contributed by atoms with Crippen LogP contribution < -0.4 is 4.90 Å². The maximum atomic E-state index is 8.94. The predicted octanol–water partition coefficient (Wildman–Crippen LogP) is 1.58. The maximum Gasteiger partial charge on any atom is 0.163 e. The van der Waals surface area contributed by atoms with E-state index in [0.717, 1.165) is 18.9 Å². The molecule has 5 heteroatoms. The van der Waals surface area contributed by atoms with Gasteiger partial charge in [0.15, 0.2) is 11.5 Å². The minimum atomic E-state index is 0.130. The van der Waals surface area contributed by atoms with Crippen LogP contribution in [0.15, 0.2) is 12.1 Å². The van der Waals surface area contributed by atoms with Crippen molar-refractivity contribution in [1.82, 2.24) is 10.2 Å². The Morgan fingerprint density at radius 1 is 1.33 bits per heavy atom. The van der Waals surface area contributed by atoms with Gasteiger partial charge in [-0.25, -0.2) is 0 Å². The Morgan fingerprint density at radius 3 is 2.50 bits per heavy atom. The fourth-order valence-electron chi connectivity index (χ4n) is 1.66. The summed E-state index contributed by atoms with van der Waals surface area (Å²) in [6.07, 6.45) is 0.692. The molecular weight excluding hydrogens is 228 g/mol. The Balaban J connectivity index is 2.83. The summed E-state index contributed by atoms with van der Waals surface area (Å²) in [6, 6.07) is 5.42. The Hall–Kier alpha value is -1.67. The molecule has 1 aromatic rings. The molecule has 0 fully saturated rings. The highest BCUT2D eigenvalue weighted by Gasteiger charge is 2.17. The maximum absolute atomic E-state index is 8.94. The number of hydrogen-bond donors (Lipinski definition) is 1. The molecule has 0 aliphatic rings. The van der Waals surface area contributed by atoms with Gasteiger partial charge in [-0.05, 0) is 24.0 Å². The monoisotopic (exact) mass is 248 g/mol. The van der Waals surface area contributed by atoms with E-state index in [1.165, 1.54) is 0 Å². The highest BCUT2D eigenvalue weighted by Crippen LogP contribution is 2.19. The third-order valence-corrected chi connectivity index (χ3v) is 2.34. The van der Waals surface area contributed by atoms with Crippen LogP contribution >= 0.6 is 0 Å². The first-order chi connectivity index (χ1) is 8.46. The number of nitriles is 1. The van der Waals surface area contributed by atoms with Gasteiger partial charge in [-0.3, -0.25) is 0 Å². The van der Waals surface area contributed by atoms with Crippen LogP contribution in [0.5, 0.6) is 0 Å². The van der Waals surface area contributed by atoms with Gasteiger partial charge in [-0.15, -0.1) is 10.2 Å². The first-order valence-corrected chi connectivity index (χ1v) is 6.06. The van der Waals surface area contributed by atoms with E-state index in [-0.39, 0.29) is 12.0 Å². The summed E-state index contributed by atoms with van der Waals surface area (Å²) in [5.41, 5.74) is 0.446. The molecule has 1 N–H and O–H groups in total. The zero-order chi connectivity index (χ0) is 13.6. The number of aromatic nitrogens is 2. The van der Waals surface area contributed by atoms with Crippen molar-refractivity contribution in [1.29, 1.82) is 5.26 Å². The highest BCUT2D eigenvalue weighted by atomic mass is 16.3. The van der Waals surface area contributed by atoms with Gasteiger partial charge in [-0.2, -0.15) is 5.26 Å². The van der Waals surface area contributed by atoms with Gasteiger partial charge in [0.2, 0.25) is 0 Å². The number of aliphatic hydroxyl groups excluding tert-OH is 1. The van der Waals surface area contributed by atoms with E-state index in [9.17, 15) is 0 Å². The van der Waals surface area contributed by atoms with Crippen molar-refractivity contribution in [3.8, 4) is 6.07 Å². The minimum absolute atomic E-state index is 0.130. The molecule has 0 radical (unpaired) electrons. The van der Waals surface area contributed by atoms with E-state index in [1.807, 2.05) is 6.07 Å². The lowest BCUT2D eigenvalue weighted by Gasteiger charge is -2.30. The fourth-order valence-corrected chi connectivity index (χ4v) is 1.66. The summed E-state index contributed by atoms with van der Waals surface area (Å²) >= 11 is 0. The number of rotatable bonds is 5. The molecule has 98 valence electrons. The average Bonchev–Trinajstić information content (AvgIpc) is 2.33. The van der Waals surface area contributed by atoms with E-state index >= 15 is 0 Å². The second-order valence-corrected chi connectivity index (χ2v) is 5.45. The summed E-state index contributed by atoms with van der Waals surface area (Å²) < 4.78 is 0. The van der Waals surface area contributed by atoms with Gasteiger partial charge in [0.1, 0.15) is 6.07 Å². The normalized spacial score (nSPS) is 11.1. The summed E-state index contributed by atoms with van der Waals surface area (Å²) in [5, 5.41) is 25.5. The number of aliphatic hydroxyl groups is 1. The summed E-state index contributed by atoms with van der Waals surface area (Å²) in [5.74, 6) is 0.748. The molecule has 0 spiro atoms. The Kier molecular flexibility index (Phi) is 5.05. The van der Waals surface area contributed by atoms with Crippen molar-refractivity contribution in [2.45, 2.75) is 27.2 Å². The predicted molar refractivity (Wildman–Crippen MR) is 70.1 cm³/mol. The quantitative estimate of drug-likeness (QED) is 0.856. The van der Waals surface area contributed by atoms with Crippen LogP contribution in [0.1, 0.15) is 32.9 Å². The van der Waals surface area contributed by atoms with Crippen molar-refractivity contribution in [2.24, 2.45) is 5.41 Å². The van der Waals surface area contributed by atoms with Gasteiger partial charge in [0.25, 0.3) is 0 Å². The standard InChI is InChI=1S/C13H20N4O/c1-13(2,3)10-17(7-4-8-18)12-6-5-11(9-14)15-16-12/h5-6,18H,4,7-8,10H2,1-3H3. The van der Waals surface area contributed by atoms with Crippen LogP contribution in [0.3, 0.4) is 0 Å². The Morgan fingerprint density at radius 2 is 2.06 bits per heavy atom. The van der Waals surface area contributed by atoms with Crippen molar-refractivity contribution >= 4 is 5.82 Å². The van der Waals surface area contributed by atoms with Crippen LogP contribution in [0.2, 0.25) is 0 Å². The van der Waals surface area contributed by atoms with E-state index in [4.69, 9.17) is 10.4 Å². The largest absolute Gasteiger partial charge is 0.396 e. The molecule has 0 unspecified atom stereocenters. The second kappa shape index (κ2) is 6.31. The third-order valence-electron chi connectivity index (χ3n) is 2.34. The smallest absolute Gasteiger partial charge is 0.163 e. The van der Waals surface area contributed by atoms with Gasteiger partial charge in [0, 0.05) is 19.7 Å². The van der Waals surface area contributed by atoms with Crippen LogP contribution in [0.4, 0.5) is 5.82 Å². The average molecular weight is 248 g/mol. The van der Waals surface area contributed by atoms with E-state index in [0.29, 0.717) is 12.1 Å². The molecule has 1 aromatic heterocycles. The van der Waals surface area contributed by atoms with Crippen LogP contribution in [0, 0.1) is 16.7 Å². The highest BCUT2D eigenvalue weighted by molar-refractivity contribution is 5.39. The lowest BCUT2D eigenvalue weighted by Crippen LogP contribution is -2.34. The van der Waals surface area contributed by atoms with Gasteiger partial charge >= 0.3 is 0 Å². The van der Waals surface area contributed by atoms with E-state index < -0.39 is 0 Å². The first kappa shape index (κ1) is 14.4. The molecular formula is C13H20N4O. The summed E-state index contributed by atoms with van der Waals surface area (Å²) in [6.45, 7) is 8.16. The van der Waals surface area contributed by atoms with Crippen molar-refractivity contribution in [2.75, 3.05) is 24.6 Å². The first-order valence-electron chi connectivity index (χ1n) is 6.06. The number of anilines is 1. The van der Waals surface area contributed by atoms with Gasteiger partial charge < -0.3 is 10.0 Å². The summed E-state index contributed by atoms with van der Waals surface area (Å²) in [4.78, 5) is 2.09. The van der Waals surface area contributed by atoms with Gasteiger partial charge in [0.05, 0.1) is 0 Å². The van der Waals surface area contributed by atoms with Crippen molar-refractivity contribution < 1.29 is 5.11 Å². The van der Waals surface area contributed by atoms with Crippen LogP contribution in [-0.4, -0.2) is 35.0 Å². The molecule has 5 nitrogen and oxygen atoms in total. The topological polar surface area (TPSA) is 73.0 Å². The second-order valence-electron chi connectivity index (χ2n) is 5.45. The Bertz CT molecular complexity index is 402. The zero-order valence-electron chi connectivity index (χ0n) is 11.2.